The third-order valence-corrected chi connectivity index (χ3v) is 6.55. The van der Waals surface area contributed by atoms with E-state index in [1.165, 1.54) is 23.1 Å². The first-order valence-electron chi connectivity index (χ1n) is 9.28. The summed E-state index contributed by atoms with van der Waals surface area (Å²) < 4.78 is 8.63. The molecule has 0 bridgehead atoms. The normalized spacial score (nSPS) is 11.3. The Balaban J connectivity index is 1.62. The fourth-order valence-corrected chi connectivity index (χ4v) is 5.09. The summed E-state index contributed by atoms with van der Waals surface area (Å²) in [5, 5.41) is 7.00. The van der Waals surface area contributed by atoms with Gasteiger partial charge in [0.25, 0.3) is 5.56 Å². The number of thioether (sulfide) groups is 1. The molecule has 154 valence electrons. The van der Waals surface area contributed by atoms with Crippen molar-refractivity contribution >= 4 is 39.1 Å². The molecule has 0 radical (unpaired) electrons. The molecule has 0 aliphatic heterocycles. The highest BCUT2D eigenvalue weighted by atomic mass is 32.2. The van der Waals surface area contributed by atoms with Gasteiger partial charge in [0.2, 0.25) is 0 Å². The molecule has 9 heteroatoms. The number of rotatable bonds is 7. The lowest BCUT2D eigenvalue weighted by Crippen LogP contribution is -2.22. The molecule has 0 N–H and O–H groups in total. The second kappa shape index (κ2) is 8.08. The fraction of sp³-hybridized carbons (Fsp3) is 0.238. The van der Waals surface area contributed by atoms with Gasteiger partial charge in [-0.1, -0.05) is 23.0 Å². The molecular weight excluding hydrogens is 420 g/mol. The average Bonchev–Trinajstić information content (AvgIpc) is 3.42. The van der Waals surface area contributed by atoms with E-state index in [9.17, 15) is 9.59 Å². The van der Waals surface area contributed by atoms with E-state index < -0.39 is 0 Å². The first-order chi connectivity index (χ1) is 14.4. The predicted octanol–water partition coefficient (Wildman–Crippen LogP) is 4.32. The van der Waals surface area contributed by atoms with Gasteiger partial charge in [0.05, 0.1) is 11.1 Å². The van der Waals surface area contributed by atoms with Gasteiger partial charge in [-0.3, -0.25) is 18.7 Å². The van der Waals surface area contributed by atoms with Crippen molar-refractivity contribution in [1.29, 1.82) is 0 Å². The maximum atomic E-state index is 13.0. The molecule has 0 amide bonds. The van der Waals surface area contributed by atoms with Gasteiger partial charge in [-0.15, -0.1) is 17.9 Å². The highest BCUT2D eigenvalue weighted by molar-refractivity contribution is 7.99. The van der Waals surface area contributed by atoms with Crippen molar-refractivity contribution in [1.82, 2.24) is 19.3 Å². The molecule has 0 saturated carbocycles. The van der Waals surface area contributed by atoms with Crippen LogP contribution in [0, 0.1) is 20.8 Å². The first-order valence-corrected chi connectivity index (χ1v) is 11.1. The van der Waals surface area contributed by atoms with Gasteiger partial charge in [-0.2, -0.15) is 0 Å². The lowest BCUT2D eigenvalue weighted by molar-refractivity contribution is 0.102. The maximum Gasteiger partial charge on any atom is 0.263 e. The fourth-order valence-electron chi connectivity index (χ4n) is 3.39. The van der Waals surface area contributed by atoms with Gasteiger partial charge in [0, 0.05) is 29.6 Å². The molecule has 0 unspecified atom stereocenters. The summed E-state index contributed by atoms with van der Waals surface area (Å²) in [5.74, 6) is 1.49. The number of carbonyl (C=O) groups excluding carboxylic acids is 1. The monoisotopic (exact) mass is 440 g/mol. The van der Waals surface area contributed by atoms with Gasteiger partial charge in [-0.05, 0) is 38.3 Å². The van der Waals surface area contributed by atoms with Crippen molar-refractivity contribution in [2.75, 3.05) is 5.75 Å². The number of aromatic nitrogens is 4. The lowest BCUT2D eigenvalue weighted by atomic mass is 10.2. The van der Waals surface area contributed by atoms with E-state index in [1.54, 1.807) is 16.7 Å². The van der Waals surface area contributed by atoms with Crippen LogP contribution >= 0.6 is 23.1 Å². The average molecular weight is 441 g/mol. The minimum Gasteiger partial charge on any atom is -0.360 e. The quantitative estimate of drug-likeness (QED) is 0.184. The van der Waals surface area contributed by atoms with E-state index in [2.05, 4.69) is 16.7 Å². The van der Waals surface area contributed by atoms with Crippen molar-refractivity contribution in [3.8, 4) is 5.82 Å². The van der Waals surface area contributed by atoms with E-state index in [4.69, 9.17) is 4.52 Å². The minimum absolute atomic E-state index is 0.0368. The molecule has 4 heterocycles. The summed E-state index contributed by atoms with van der Waals surface area (Å²) in [6.07, 6.45) is 1.65. The molecule has 4 rings (SSSR count). The van der Waals surface area contributed by atoms with Crippen molar-refractivity contribution in [3.05, 3.63) is 69.3 Å². The Kier molecular flexibility index (Phi) is 5.48. The Labute approximate surface area is 181 Å². The number of allylic oxidation sites excluding steroid dienone is 1. The molecule has 0 saturated heterocycles. The number of hydrogen-bond acceptors (Lipinski definition) is 7. The number of carbonyl (C=O) groups is 1. The van der Waals surface area contributed by atoms with Gasteiger partial charge in [0.1, 0.15) is 10.6 Å². The molecule has 0 aliphatic carbocycles. The summed E-state index contributed by atoms with van der Waals surface area (Å²) in [4.78, 5) is 31.0. The zero-order valence-corrected chi connectivity index (χ0v) is 18.5. The van der Waals surface area contributed by atoms with Gasteiger partial charge < -0.3 is 4.52 Å². The Morgan fingerprint density at radius 3 is 2.83 bits per heavy atom. The Morgan fingerprint density at radius 1 is 1.33 bits per heavy atom. The standard InChI is InChI=1S/C21H20N4O3S2/c1-5-7-24-20(27)15-6-8-29-19(15)22-21(24)30-11-17(26)16-9-12(2)25(14(16)4)18-10-13(3)28-23-18/h5-6,8-10H,1,7,11H2,2-4H3. The van der Waals surface area contributed by atoms with Crippen LogP contribution in [-0.4, -0.2) is 30.8 Å². The number of hydrogen-bond donors (Lipinski definition) is 0. The molecule has 7 nitrogen and oxygen atoms in total. The molecule has 30 heavy (non-hydrogen) atoms. The third-order valence-electron chi connectivity index (χ3n) is 4.77. The minimum atomic E-state index is -0.115. The first kappa shape index (κ1) is 20.4. The summed E-state index contributed by atoms with van der Waals surface area (Å²) in [5.41, 5.74) is 2.21. The Morgan fingerprint density at radius 2 is 2.13 bits per heavy atom. The Bertz CT molecular complexity index is 1330. The number of thiophene rings is 1. The van der Waals surface area contributed by atoms with Crippen molar-refractivity contribution in [3.63, 3.8) is 0 Å². The smallest absolute Gasteiger partial charge is 0.263 e. The highest BCUT2D eigenvalue weighted by Crippen LogP contribution is 2.25. The largest absolute Gasteiger partial charge is 0.360 e. The number of aryl methyl sites for hydroxylation is 2. The number of nitrogens with zero attached hydrogens (tertiary/aromatic N) is 4. The molecule has 0 aliphatic rings. The van der Waals surface area contributed by atoms with Gasteiger partial charge in [-0.25, -0.2) is 4.98 Å². The maximum absolute atomic E-state index is 13.0. The van der Waals surface area contributed by atoms with Crippen molar-refractivity contribution in [2.24, 2.45) is 0 Å². The van der Waals surface area contributed by atoms with Crippen molar-refractivity contribution < 1.29 is 9.32 Å². The van der Waals surface area contributed by atoms with E-state index in [-0.39, 0.29) is 17.1 Å². The predicted molar refractivity (Wildman–Crippen MR) is 119 cm³/mol. The zero-order chi connectivity index (χ0) is 21.4. The van der Waals surface area contributed by atoms with Crippen LogP contribution in [0.5, 0.6) is 0 Å². The van der Waals surface area contributed by atoms with E-state index in [0.29, 0.717) is 39.1 Å². The van der Waals surface area contributed by atoms with Crippen LogP contribution in [-0.2, 0) is 6.54 Å². The molecule has 0 spiro atoms. The van der Waals surface area contributed by atoms with E-state index >= 15 is 0 Å². The summed E-state index contributed by atoms with van der Waals surface area (Å²) in [6, 6.07) is 5.46. The van der Waals surface area contributed by atoms with Crippen LogP contribution in [0.25, 0.3) is 16.0 Å². The second-order valence-electron chi connectivity index (χ2n) is 6.87. The van der Waals surface area contributed by atoms with Crippen LogP contribution < -0.4 is 5.56 Å². The molecule has 0 fully saturated rings. The SMILES string of the molecule is C=CCn1c(SCC(=O)c2cc(C)n(-c3cc(C)on3)c2C)nc2sccc2c1=O. The van der Waals surface area contributed by atoms with E-state index in [0.717, 1.165) is 11.4 Å². The van der Waals surface area contributed by atoms with Crippen LogP contribution in [0.1, 0.15) is 27.5 Å². The number of Topliss-reactive ketones (excluding diaryl/α,β-unsaturated/α-hetero) is 1. The summed E-state index contributed by atoms with van der Waals surface area (Å²) >= 11 is 2.68. The van der Waals surface area contributed by atoms with Crippen LogP contribution in [0.2, 0.25) is 0 Å². The molecule has 4 aromatic rings. The van der Waals surface area contributed by atoms with Gasteiger partial charge in [0.15, 0.2) is 16.8 Å². The Hall–Kier alpha value is -2.91. The van der Waals surface area contributed by atoms with Crippen LogP contribution in [0.3, 0.4) is 0 Å². The summed E-state index contributed by atoms with van der Waals surface area (Å²) in [6.45, 7) is 9.71. The molecule has 0 atom stereocenters. The third kappa shape index (κ3) is 3.54. The highest BCUT2D eigenvalue weighted by Gasteiger charge is 2.20. The van der Waals surface area contributed by atoms with E-state index in [1.807, 2.05) is 42.9 Å². The molecular formula is C21H20N4O3S2. The van der Waals surface area contributed by atoms with Gasteiger partial charge >= 0.3 is 0 Å². The number of fused-ring (bicyclic) bond motifs is 1. The topological polar surface area (TPSA) is 82.9 Å². The molecule has 4 aromatic heterocycles. The number of ketones is 1. The van der Waals surface area contributed by atoms with Crippen LogP contribution in [0.4, 0.5) is 0 Å². The lowest BCUT2D eigenvalue weighted by Gasteiger charge is -2.10. The van der Waals surface area contributed by atoms with Crippen LogP contribution in [0.15, 0.2) is 50.7 Å². The zero-order valence-electron chi connectivity index (χ0n) is 16.8. The summed E-state index contributed by atoms with van der Waals surface area (Å²) in [7, 11) is 0. The molecule has 0 aromatic carbocycles. The second-order valence-corrected chi connectivity index (χ2v) is 8.70. The van der Waals surface area contributed by atoms with Crippen molar-refractivity contribution in [2.45, 2.75) is 32.5 Å².